The molecule has 36 heavy (non-hydrogen) atoms. The maximum Gasteiger partial charge on any atom is 0.244 e. The summed E-state index contributed by atoms with van der Waals surface area (Å²) in [5.74, 6) is -0.753. The lowest BCUT2D eigenvalue weighted by Crippen LogP contribution is -2.53. The number of hydrogen-bond donors (Lipinski definition) is 1. The fourth-order valence-electron chi connectivity index (χ4n) is 3.83. The van der Waals surface area contributed by atoms with E-state index in [0.717, 1.165) is 21.7 Å². The van der Waals surface area contributed by atoms with E-state index < -0.39 is 28.5 Å². The zero-order valence-electron chi connectivity index (χ0n) is 22.2. The number of sulfonamides is 1. The molecule has 2 rings (SSSR count). The van der Waals surface area contributed by atoms with Gasteiger partial charge < -0.3 is 10.2 Å². The lowest BCUT2D eigenvalue weighted by atomic mass is 9.87. The van der Waals surface area contributed by atoms with Crippen LogP contribution in [0.3, 0.4) is 0 Å². The van der Waals surface area contributed by atoms with Gasteiger partial charge in [-0.15, -0.1) is 0 Å². The summed E-state index contributed by atoms with van der Waals surface area (Å²) in [4.78, 5) is 28.1. The molecule has 9 heteroatoms. The summed E-state index contributed by atoms with van der Waals surface area (Å²) in [6, 6.07) is 13.3. The third-order valence-corrected chi connectivity index (χ3v) is 7.18. The van der Waals surface area contributed by atoms with Gasteiger partial charge in [-0.3, -0.25) is 13.9 Å². The maximum atomic E-state index is 13.7. The van der Waals surface area contributed by atoms with Gasteiger partial charge in [-0.25, -0.2) is 8.42 Å². The van der Waals surface area contributed by atoms with Crippen LogP contribution in [0.1, 0.15) is 59.1 Å². The molecular formula is C27H38ClN3O4S. The largest absolute Gasteiger partial charge is 0.352 e. The van der Waals surface area contributed by atoms with Crippen LogP contribution >= 0.6 is 11.6 Å². The highest BCUT2D eigenvalue weighted by molar-refractivity contribution is 7.92. The fourth-order valence-corrected chi connectivity index (χ4v) is 4.80. The molecule has 0 radical (unpaired) electrons. The summed E-state index contributed by atoms with van der Waals surface area (Å²) in [5.41, 5.74) is 2.12. The molecule has 0 aliphatic rings. The van der Waals surface area contributed by atoms with Crippen LogP contribution < -0.4 is 9.62 Å². The maximum absolute atomic E-state index is 13.7. The molecule has 2 amide bonds. The van der Waals surface area contributed by atoms with Gasteiger partial charge in [0.1, 0.15) is 12.6 Å². The molecule has 0 bridgehead atoms. The van der Waals surface area contributed by atoms with Crippen LogP contribution in [0.15, 0.2) is 48.5 Å². The van der Waals surface area contributed by atoms with E-state index in [1.807, 2.05) is 32.9 Å². The fraction of sp³-hybridized carbons (Fsp3) is 0.481. The smallest absolute Gasteiger partial charge is 0.244 e. The van der Waals surface area contributed by atoms with Crippen LogP contribution in [0.4, 0.5) is 5.69 Å². The van der Waals surface area contributed by atoms with Crippen molar-refractivity contribution in [3.8, 4) is 0 Å². The Bertz CT molecular complexity index is 1140. The van der Waals surface area contributed by atoms with Crippen molar-refractivity contribution >= 4 is 39.1 Å². The molecule has 0 aliphatic heterocycles. The van der Waals surface area contributed by atoms with Crippen LogP contribution in [0.25, 0.3) is 0 Å². The van der Waals surface area contributed by atoms with E-state index in [0.29, 0.717) is 17.1 Å². The standard InChI is InChI=1S/C27H38ClN3O4S/c1-8-24(26(33)29-19(2)3)30(17-20-9-13-22(28)14-10-20)25(32)18-31(36(7,34)35)23-15-11-21(12-16-23)27(4,5)6/h9-16,19,24H,8,17-18H2,1-7H3,(H,29,33)/t24-/m0/s1. The molecule has 0 saturated carbocycles. The van der Waals surface area contributed by atoms with E-state index in [2.05, 4.69) is 26.1 Å². The molecule has 0 saturated heterocycles. The molecule has 0 aromatic heterocycles. The molecule has 0 spiro atoms. The number of anilines is 1. The first-order valence-corrected chi connectivity index (χ1v) is 14.3. The van der Waals surface area contributed by atoms with E-state index in [1.54, 1.807) is 36.4 Å². The number of carbonyl (C=O) groups excluding carboxylic acids is 2. The van der Waals surface area contributed by atoms with Crippen molar-refractivity contribution in [3.05, 3.63) is 64.7 Å². The Morgan fingerprint density at radius 1 is 1.00 bits per heavy atom. The molecular weight excluding hydrogens is 498 g/mol. The van der Waals surface area contributed by atoms with Gasteiger partial charge in [-0.2, -0.15) is 0 Å². The Morgan fingerprint density at radius 3 is 2.00 bits per heavy atom. The Kier molecular flexibility index (Phi) is 9.97. The van der Waals surface area contributed by atoms with Crippen LogP contribution in [0, 0.1) is 0 Å². The first kappa shape index (κ1) is 29.6. The van der Waals surface area contributed by atoms with Crippen LogP contribution in [-0.2, 0) is 31.6 Å². The summed E-state index contributed by atoms with van der Waals surface area (Å²) in [5, 5.41) is 3.43. The number of nitrogens with one attached hydrogen (secondary N) is 1. The van der Waals surface area contributed by atoms with E-state index in [9.17, 15) is 18.0 Å². The van der Waals surface area contributed by atoms with Gasteiger partial charge in [0.05, 0.1) is 11.9 Å². The predicted octanol–water partition coefficient (Wildman–Crippen LogP) is 4.74. The number of rotatable bonds is 10. The van der Waals surface area contributed by atoms with Crippen molar-refractivity contribution in [1.82, 2.24) is 10.2 Å². The van der Waals surface area contributed by atoms with Crippen LogP contribution in [-0.4, -0.2) is 50.0 Å². The summed E-state index contributed by atoms with van der Waals surface area (Å²) >= 11 is 6.02. The molecule has 0 aliphatic carbocycles. The van der Waals surface area contributed by atoms with Crippen LogP contribution in [0.2, 0.25) is 5.02 Å². The summed E-state index contributed by atoms with van der Waals surface area (Å²) in [6.45, 7) is 11.5. The second kappa shape index (κ2) is 12.1. The van der Waals surface area contributed by atoms with Crippen molar-refractivity contribution in [1.29, 1.82) is 0 Å². The van der Waals surface area contributed by atoms with E-state index in [4.69, 9.17) is 11.6 Å². The number of nitrogens with zero attached hydrogens (tertiary/aromatic N) is 2. The van der Waals surface area contributed by atoms with Gasteiger partial charge in [-0.05, 0) is 61.1 Å². The van der Waals surface area contributed by atoms with E-state index >= 15 is 0 Å². The van der Waals surface area contributed by atoms with Gasteiger partial charge in [0, 0.05) is 17.6 Å². The minimum atomic E-state index is -3.78. The topological polar surface area (TPSA) is 86.8 Å². The van der Waals surface area contributed by atoms with Gasteiger partial charge in [0.2, 0.25) is 21.8 Å². The molecule has 2 aromatic carbocycles. The Balaban J connectivity index is 2.44. The van der Waals surface area contributed by atoms with Gasteiger partial charge in [0.15, 0.2) is 0 Å². The quantitative estimate of drug-likeness (QED) is 0.476. The molecule has 198 valence electrons. The number of benzene rings is 2. The monoisotopic (exact) mass is 535 g/mol. The lowest BCUT2D eigenvalue weighted by molar-refractivity contribution is -0.140. The molecule has 1 atom stereocenters. The third-order valence-electron chi connectivity index (χ3n) is 5.78. The predicted molar refractivity (Wildman–Crippen MR) is 147 cm³/mol. The summed E-state index contributed by atoms with van der Waals surface area (Å²) in [6.07, 6.45) is 1.45. The Labute approximate surface area is 220 Å². The highest BCUT2D eigenvalue weighted by Gasteiger charge is 2.32. The van der Waals surface area contributed by atoms with Crippen molar-refractivity contribution < 1.29 is 18.0 Å². The molecule has 0 unspecified atom stereocenters. The molecule has 7 nitrogen and oxygen atoms in total. The van der Waals surface area contributed by atoms with Crippen molar-refractivity contribution in [2.24, 2.45) is 0 Å². The van der Waals surface area contributed by atoms with Gasteiger partial charge in [-0.1, -0.05) is 63.6 Å². The second-order valence-corrected chi connectivity index (χ2v) is 12.6. The number of amides is 2. The molecule has 0 fully saturated rings. The first-order chi connectivity index (χ1) is 16.6. The third kappa shape index (κ3) is 8.23. The molecule has 0 heterocycles. The molecule has 2 aromatic rings. The molecule has 1 N–H and O–H groups in total. The number of halogens is 1. The highest BCUT2D eigenvalue weighted by atomic mass is 35.5. The summed E-state index contributed by atoms with van der Waals surface area (Å²) in [7, 11) is -3.78. The highest BCUT2D eigenvalue weighted by Crippen LogP contribution is 2.26. The van der Waals surface area contributed by atoms with Crippen molar-refractivity contribution in [2.45, 2.75) is 72.0 Å². The summed E-state index contributed by atoms with van der Waals surface area (Å²) < 4.78 is 26.6. The average molecular weight is 536 g/mol. The van der Waals surface area contributed by atoms with E-state index in [-0.39, 0.29) is 23.9 Å². The zero-order chi connectivity index (χ0) is 27.3. The van der Waals surface area contributed by atoms with Gasteiger partial charge >= 0.3 is 0 Å². The second-order valence-electron chi connectivity index (χ2n) is 10.3. The minimum Gasteiger partial charge on any atom is -0.352 e. The van der Waals surface area contributed by atoms with Gasteiger partial charge in [0.25, 0.3) is 0 Å². The Morgan fingerprint density at radius 2 is 1.56 bits per heavy atom. The number of carbonyl (C=O) groups is 2. The van der Waals surface area contributed by atoms with Crippen molar-refractivity contribution in [2.75, 3.05) is 17.1 Å². The lowest BCUT2D eigenvalue weighted by Gasteiger charge is -2.33. The normalized spacial score (nSPS) is 12.8. The van der Waals surface area contributed by atoms with Crippen LogP contribution in [0.5, 0.6) is 0 Å². The zero-order valence-corrected chi connectivity index (χ0v) is 23.8. The number of hydrogen-bond acceptors (Lipinski definition) is 4. The SMILES string of the molecule is CC[C@@H](C(=O)NC(C)C)N(Cc1ccc(Cl)cc1)C(=O)CN(c1ccc(C(C)(C)C)cc1)S(C)(=O)=O. The Hall–Kier alpha value is -2.58. The van der Waals surface area contributed by atoms with Crippen molar-refractivity contribution in [3.63, 3.8) is 0 Å². The first-order valence-electron chi connectivity index (χ1n) is 12.1. The van der Waals surface area contributed by atoms with E-state index in [1.165, 1.54) is 4.90 Å². The average Bonchev–Trinajstić information content (AvgIpc) is 2.76. The minimum absolute atomic E-state index is 0.0994.